The number of fused-ring (bicyclic) bond motifs is 2. The molecule has 0 unspecified atom stereocenters. The number of ether oxygens (including phenoxy) is 5. The Labute approximate surface area is 208 Å². The van der Waals surface area contributed by atoms with Gasteiger partial charge in [0, 0.05) is 12.2 Å². The zero-order valence-electron chi connectivity index (χ0n) is 19.9. The van der Waals surface area contributed by atoms with Crippen molar-refractivity contribution in [2.24, 2.45) is 0 Å². The van der Waals surface area contributed by atoms with Gasteiger partial charge in [-0.15, -0.1) is 0 Å². The second-order valence-corrected chi connectivity index (χ2v) is 8.24. The first-order valence-corrected chi connectivity index (χ1v) is 11.4. The molecule has 0 saturated carbocycles. The number of hydrogen-bond donors (Lipinski definition) is 0. The Hall–Kier alpha value is -4.64. The van der Waals surface area contributed by atoms with Gasteiger partial charge in [0.2, 0.25) is 12.5 Å². The van der Waals surface area contributed by atoms with Gasteiger partial charge < -0.3 is 28.6 Å². The predicted molar refractivity (Wildman–Crippen MR) is 133 cm³/mol. The molecule has 0 radical (unpaired) electrons. The number of nitriles is 1. The molecule has 8 heteroatoms. The quantitative estimate of drug-likeness (QED) is 0.360. The van der Waals surface area contributed by atoms with E-state index >= 15 is 0 Å². The van der Waals surface area contributed by atoms with Crippen LogP contribution in [-0.4, -0.2) is 33.5 Å². The second-order valence-electron chi connectivity index (χ2n) is 8.24. The third kappa shape index (κ3) is 4.39. The van der Waals surface area contributed by atoms with Crippen LogP contribution in [0.5, 0.6) is 28.7 Å². The van der Waals surface area contributed by atoms with Crippen molar-refractivity contribution in [2.75, 3.05) is 32.5 Å². The number of carbonyl (C=O) groups is 1. The van der Waals surface area contributed by atoms with Crippen molar-refractivity contribution < 1.29 is 28.5 Å². The lowest BCUT2D eigenvalue weighted by atomic mass is 10.1. The number of rotatable bonds is 7. The van der Waals surface area contributed by atoms with Crippen LogP contribution in [0, 0.1) is 11.3 Å². The Balaban J connectivity index is 1.40. The van der Waals surface area contributed by atoms with Gasteiger partial charge in [-0.25, -0.2) is 0 Å². The van der Waals surface area contributed by atoms with Gasteiger partial charge in [0.1, 0.15) is 18.2 Å². The molecule has 5 rings (SSSR count). The molecule has 2 aliphatic rings. The van der Waals surface area contributed by atoms with Crippen molar-refractivity contribution in [2.45, 2.75) is 13.0 Å². The maximum Gasteiger partial charge on any atom is 0.268 e. The van der Waals surface area contributed by atoms with Crippen LogP contribution in [0.1, 0.15) is 16.7 Å². The normalized spacial score (nSPS) is 13.7. The van der Waals surface area contributed by atoms with E-state index in [1.807, 2.05) is 48.5 Å². The van der Waals surface area contributed by atoms with Gasteiger partial charge in [-0.05, 0) is 59.5 Å². The molecule has 8 nitrogen and oxygen atoms in total. The van der Waals surface area contributed by atoms with Crippen LogP contribution < -0.4 is 28.6 Å². The van der Waals surface area contributed by atoms with Crippen LogP contribution in [0.15, 0.2) is 60.2 Å². The lowest BCUT2D eigenvalue weighted by Crippen LogP contribution is -2.29. The van der Waals surface area contributed by atoms with Gasteiger partial charge in [0.15, 0.2) is 23.0 Å². The van der Waals surface area contributed by atoms with Gasteiger partial charge in [-0.1, -0.05) is 24.3 Å². The first kappa shape index (κ1) is 23.1. The number of carbonyl (C=O) groups excluding carboxylic acids is 1. The highest BCUT2D eigenvalue weighted by Gasteiger charge is 2.27. The minimum absolute atomic E-state index is 0.0184. The van der Waals surface area contributed by atoms with E-state index in [9.17, 15) is 10.1 Å². The Morgan fingerprint density at radius 3 is 2.56 bits per heavy atom. The first-order chi connectivity index (χ1) is 17.6. The van der Waals surface area contributed by atoms with Crippen molar-refractivity contribution in [1.29, 1.82) is 5.26 Å². The number of para-hydroxylation sites is 1. The van der Waals surface area contributed by atoms with Gasteiger partial charge >= 0.3 is 0 Å². The highest BCUT2D eigenvalue weighted by atomic mass is 16.7. The Bertz CT molecular complexity index is 1370. The molecular formula is C28H24N2O6. The fourth-order valence-electron chi connectivity index (χ4n) is 4.32. The van der Waals surface area contributed by atoms with Crippen molar-refractivity contribution in [1.82, 2.24) is 0 Å². The molecule has 0 fully saturated rings. The molecule has 3 aromatic rings. The second kappa shape index (κ2) is 9.92. The van der Waals surface area contributed by atoms with E-state index in [-0.39, 0.29) is 24.9 Å². The third-order valence-corrected chi connectivity index (χ3v) is 6.10. The van der Waals surface area contributed by atoms with E-state index in [1.54, 1.807) is 17.0 Å². The Morgan fingerprint density at radius 2 is 1.81 bits per heavy atom. The molecule has 2 heterocycles. The zero-order valence-corrected chi connectivity index (χ0v) is 19.9. The summed E-state index contributed by atoms with van der Waals surface area (Å²) in [4.78, 5) is 14.8. The van der Waals surface area contributed by atoms with E-state index in [4.69, 9.17) is 23.7 Å². The summed E-state index contributed by atoms with van der Waals surface area (Å²) in [6.07, 6.45) is 2.30. The molecule has 0 bridgehead atoms. The molecule has 0 aromatic heterocycles. The minimum Gasteiger partial charge on any atom is -0.493 e. The highest BCUT2D eigenvalue weighted by molar-refractivity contribution is 6.12. The van der Waals surface area contributed by atoms with Crippen LogP contribution in [0.4, 0.5) is 5.69 Å². The standard InChI is InChI=1S/C28H24N2O6/c1-32-25-13-19(11-21(15-29)28(31)30-10-9-20-5-3-4-6-22(20)30)14-26(33-2)27(25)34-16-18-7-8-23-24(12-18)36-17-35-23/h3-8,11-14H,9-10,16-17H2,1-2H3. The summed E-state index contributed by atoms with van der Waals surface area (Å²) in [5, 5.41) is 9.78. The largest absolute Gasteiger partial charge is 0.493 e. The van der Waals surface area contributed by atoms with E-state index < -0.39 is 0 Å². The molecule has 36 heavy (non-hydrogen) atoms. The summed E-state index contributed by atoms with van der Waals surface area (Å²) in [5.74, 6) is 2.27. The van der Waals surface area contributed by atoms with E-state index in [0.29, 0.717) is 40.9 Å². The summed E-state index contributed by atoms with van der Waals surface area (Å²) in [6.45, 7) is 0.985. The topological polar surface area (TPSA) is 90.3 Å². The number of anilines is 1. The fraction of sp³-hybridized carbons (Fsp3) is 0.214. The summed E-state index contributed by atoms with van der Waals surface area (Å²) in [7, 11) is 3.04. The first-order valence-electron chi connectivity index (χ1n) is 11.4. The smallest absolute Gasteiger partial charge is 0.268 e. The van der Waals surface area contributed by atoms with Gasteiger partial charge in [-0.2, -0.15) is 5.26 Å². The van der Waals surface area contributed by atoms with E-state index in [0.717, 1.165) is 23.2 Å². The third-order valence-electron chi connectivity index (χ3n) is 6.10. The van der Waals surface area contributed by atoms with Crippen molar-refractivity contribution in [3.05, 3.63) is 76.9 Å². The van der Waals surface area contributed by atoms with Crippen molar-refractivity contribution >= 4 is 17.7 Å². The fourth-order valence-corrected chi connectivity index (χ4v) is 4.32. The van der Waals surface area contributed by atoms with E-state index in [2.05, 4.69) is 0 Å². The van der Waals surface area contributed by atoms with Gasteiger partial charge in [0.05, 0.1) is 14.2 Å². The maximum atomic E-state index is 13.2. The summed E-state index contributed by atoms with van der Waals surface area (Å²) in [6, 6.07) is 18.8. The Morgan fingerprint density at radius 1 is 1.06 bits per heavy atom. The summed E-state index contributed by atoms with van der Waals surface area (Å²) >= 11 is 0. The SMILES string of the molecule is COc1cc(C=C(C#N)C(=O)N2CCc3ccccc32)cc(OC)c1OCc1ccc2c(c1)OCO2. The molecule has 0 aliphatic carbocycles. The van der Waals surface area contributed by atoms with Crippen LogP contribution in [0.25, 0.3) is 6.08 Å². The van der Waals surface area contributed by atoms with Crippen LogP contribution in [0.3, 0.4) is 0 Å². The van der Waals surface area contributed by atoms with Crippen LogP contribution >= 0.6 is 0 Å². The summed E-state index contributed by atoms with van der Waals surface area (Å²) in [5.41, 5.74) is 3.42. The lowest BCUT2D eigenvalue weighted by molar-refractivity contribution is -0.114. The van der Waals surface area contributed by atoms with Gasteiger partial charge in [-0.3, -0.25) is 4.79 Å². The van der Waals surface area contributed by atoms with Crippen LogP contribution in [0.2, 0.25) is 0 Å². The number of nitrogens with zero attached hydrogens (tertiary/aromatic N) is 2. The molecule has 3 aromatic carbocycles. The van der Waals surface area contributed by atoms with Gasteiger partial charge in [0.25, 0.3) is 5.91 Å². The minimum atomic E-state index is -0.344. The van der Waals surface area contributed by atoms with E-state index in [1.165, 1.54) is 20.3 Å². The molecule has 0 spiro atoms. The van der Waals surface area contributed by atoms with Crippen LogP contribution in [-0.2, 0) is 17.8 Å². The summed E-state index contributed by atoms with van der Waals surface area (Å²) < 4.78 is 27.9. The monoisotopic (exact) mass is 484 g/mol. The predicted octanol–water partition coefficient (Wildman–Crippen LogP) is 4.51. The molecule has 0 atom stereocenters. The number of amides is 1. The zero-order chi connectivity index (χ0) is 25.1. The highest BCUT2D eigenvalue weighted by Crippen LogP contribution is 2.40. The molecule has 2 aliphatic heterocycles. The average Bonchev–Trinajstić information content (AvgIpc) is 3.56. The maximum absolute atomic E-state index is 13.2. The lowest BCUT2D eigenvalue weighted by Gasteiger charge is -2.17. The number of hydrogen-bond acceptors (Lipinski definition) is 7. The molecule has 0 saturated heterocycles. The van der Waals surface area contributed by atoms with Crippen molar-refractivity contribution in [3.63, 3.8) is 0 Å². The Kier molecular flexibility index (Phi) is 6.37. The number of benzene rings is 3. The van der Waals surface area contributed by atoms with Crippen molar-refractivity contribution in [3.8, 4) is 34.8 Å². The number of methoxy groups -OCH3 is 2. The average molecular weight is 485 g/mol. The molecule has 182 valence electrons. The molecule has 0 N–H and O–H groups in total. The molecule has 1 amide bonds. The molecular weight excluding hydrogens is 460 g/mol.